The molecule has 3 aromatic heterocycles. The number of carbonyl (C=O) groups excluding carboxylic acids is 1. The highest BCUT2D eigenvalue weighted by atomic mass is 35.5. The van der Waals surface area contributed by atoms with Crippen molar-refractivity contribution in [2.45, 2.75) is 62.5 Å². The van der Waals surface area contributed by atoms with E-state index in [0.29, 0.717) is 11.0 Å². The fourth-order valence-electron chi connectivity index (χ4n) is 6.34. The van der Waals surface area contributed by atoms with Gasteiger partial charge in [-0.1, -0.05) is 30.7 Å². The lowest BCUT2D eigenvalue weighted by atomic mass is 9.77. The largest absolute Gasteiger partial charge is 0.472 e. The van der Waals surface area contributed by atoms with Crippen molar-refractivity contribution >= 4 is 55.3 Å². The van der Waals surface area contributed by atoms with Crippen LogP contribution in [0.4, 0.5) is 14.6 Å². The first-order chi connectivity index (χ1) is 21.1. The number of fused-ring (bicyclic) bond motifs is 3. The van der Waals surface area contributed by atoms with Gasteiger partial charge in [-0.3, -0.25) is 0 Å². The molecule has 1 N–H and O–H groups in total. The highest BCUT2D eigenvalue weighted by Gasteiger charge is 2.54. The van der Waals surface area contributed by atoms with Gasteiger partial charge in [0.05, 0.1) is 34.8 Å². The molecule has 0 bridgehead atoms. The van der Waals surface area contributed by atoms with Gasteiger partial charge in [0.2, 0.25) is 5.88 Å². The molecule has 0 radical (unpaired) electrons. The fraction of sp³-hybridized carbons (Fsp3) is 0.467. The Morgan fingerprint density at radius 2 is 1.98 bits per heavy atom. The monoisotopic (exact) mass is 664 g/mol. The average Bonchev–Trinajstić information content (AvgIpc) is 3.57. The summed E-state index contributed by atoms with van der Waals surface area (Å²) in [7, 11) is -2.30. The summed E-state index contributed by atoms with van der Waals surface area (Å²) in [6.45, 7) is 4.73. The van der Waals surface area contributed by atoms with Crippen molar-refractivity contribution < 1.29 is 41.0 Å². The lowest BCUT2D eigenvalue weighted by molar-refractivity contribution is -0.142. The summed E-state index contributed by atoms with van der Waals surface area (Å²) in [6.07, 6.45) is -2.53. The molecule has 0 aliphatic carbocycles. The molecule has 0 amide bonds. The van der Waals surface area contributed by atoms with Gasteiger partial charge >= 0.3 is 5.97 Å². The third kappa shape index (κ3) is 5.26. The van der Waals surface area contributed by atoms with Gasteiger partial charge in [-0.05, 0) is 38.5 Å². The second kappa shape index (κ2) is 11.0. The van der Waals surface area contributed by atoms with Crippen LogP contribution in [0.2, 0.25) is 5.02 Å². The van der Waals surface area contributed by atoms with E-state index < -0.39 is 56.5 Å². The van der Waals surface area contributed by atoms with E-state index in [9.17, 15) is 27.1 Å². The second-order valence-electron chi connectivity index (χ2n) is 12.2. The van der Waals surface area contributed by atoms with E-state index >= 15 is 0 Å². The number of halogens is 3. The van der Waals surface area contributed by atoms with Crippen LogP contribution in [0.25, 0.3) is 22.1 Å². The van der Waals surface area contributed by atoms with E-state index in [1.54, 1.807) is 45.0 Å². The van der Waals surface area contributed by atoms with Crippen molar-refractivity contribution in [1.29, 1.82) is 0 Å². The molecule has 240 valence electrons. The third-order valence-electron chi connectivity index (χ3n) is 8.81. The Hall–Kier alpha value is -3.62. The number of esters is 1. The molecule has 4 aromatic rings. The Bertz CT molecular complexity index is 1920. The standard InChI is InChI=1S/C30H31ClF2N4O7S/c1-15-13-45(40,41)29(2,3)14-30(15,39)19-9-16(31)11-34-27(19)43-17-10-20(28(38)42-4)37(12-17)26-23-22(35-25(36-26)24(32)33)18-7-5-6-8-21(18)44-23/h5-9,11,15,17,20,24,39H,10,12-14H2,1-4H3/t15-,17-,20-,30+/m0/s1. The summed E-state index contributed by atoms with van der Waals surface area (Å²) in [4.78, 5) is 27.0. The molecule has 45 heavy (non-hydrogen) atoms. The van der Waals surface area contributed by atoms with Gasteiger partial charge in [-0.25, -0.2) is 36.9 Å². The summed E-state index contributed by atoms with van der Waals surface area (Å²) in [5, 5.41) is 12.7. The number of benzene rings is 1. The quantitative estimate of drug-likeness (QED) is 0.279. The Balaban J connectivity index is 1.41. The molecule has 0 unspecified atom stereocenters. The number of aromatic nitrogens is 3. The van der Waals surface area contributed by atoms with Crippen LogP contribution in [0.1, 0.15) is 51.4 Å². The Kier molecular flexibility index (Phi) is 7.68. The Morgan fingerprint density at radius 1 is 1.24 bits per heavy atom. The predicted octanol–water partition coefficient (Wildman–Crippen LogP) is 4.98. The smallest absolute Gasteiger partial charge is 0.328 e. The number of hydrogen-bond donors (Lipinski definition) is 1. The van der Waals surface area contributed by atoms with Crippen molar-refractivity contribution in [3.05, 3.63) is 52.9 Å². The molecule has 6 rings (SSSR count). The van der Waals surface area contributed by atoms with E-state index in [0.717, 1.165) is 0 Å². The van der Waals surface area contributed by atoms with Crippen molar-refractivity contribution in [2.24, 2.45) is 5.92 Å². The first-order valence-electron chi connectivity index (χ1n) is 14.2. The van der Waals surface area contributed by atoms with Crippen LogP contribution in [0.5, 0.6) is 5.88 Å². The van der Waals surface area contributed by atoms with Crippen molar-refractivity contribution in [2.75, 3.05) is 24.3 Å². The number of hydrogen-bond acceptors (Lipinski definition) is 11. The van der Waals surface area contributed by atoms with Gasteiger partial charge in [0.25, 0.3) is 6.43 Å². The first kappa shape index (κ1) is 31.4. The number of sulfone groups is 1. The Morgan fingerprint density at radius 3 is 2.69 bits per heavy atom. The maximum atomic E-state index is 14.0. The maximum Gasteiger partial charge on any atom is 0.328 e. The molecule has 2 aliphatic heterocycles. The maximum absolute atomic E-state index is 14.0. The molecule has 2 fully saturated rings. The SMILES string of the molecule is COC(=O)[C@@H]1C[C@H](Oc2ncc(Cl)cc2[C@@]2(O)CC(C)(C)S(=O)(=O)C[C@@H]2C)CN1c1nc(C(F)F)nc2c1oc1ccccc12. The minimum Gasteiger partial charge on any atom is -0.472 e. The molecule has 0 spiro atoms. The van der Waals surface area contributed by atoms with E-state index in [1.165, 1.54) is 24.3 Å². The summed E-state index contributed by atoms with van der Waals surface area (Å²) in [5.41, 5.74) is -0.756. The zero-order valence-electron chi connectivity index (χ0n) is 24.8. The topological polar surface area (TPSA) is 145 Å². The molecule has 2 aliphatic rings. The molecule has 2 saturated heterocycles. The molecule has 1 aromatic carbocycles. The molecule has 4 atom stereocenters. The zero-order valence-corrected chi connectivity index (χ0v) is 26.4. The number of ether oxygens (including phenoxy) is 2. The molecule has 15 heteroatoms. The van der Waals surface area contributed by atoms with Crippen LogP contribution in [0, 0.1) is 5.92 Å². The number of alkyl halides is 2. The zero-order chi connectivity index (χ0) is 32.5. The van der Waals surface area contributed by atoms with Crippen LogP contribution < -0.4 is 9.64 Å². The van der Waals surface area contributed by atoms with E-state index in [1.807, 2.05) is 0 Å². The highest BCUT2D eigenvalue weighted by molar-refractivity contribution is 7.92. The van der Waals surface area contributed by atoms with Crippen molar-refractivity contribution in [1.82, 2.24) is 15.0 Å². The van der Waals surface area contributed by atoms with Gasteiger partial charge in [-0.2, -0.15) is 0 Å². The average molecular weight is 665 g/mol. The number of pyridine rings is 1. The molecule has 11 nitrogen and oxygen atoms in total. The minimum absolute atomic E-state index is 0.00385. The van der Waals surface area contributed by atoms with Crippen LogP contribution >= 0.6 is 11.6 Å². The lowest BCUT2D eigenvalue weighted by Gasteiger charge is -2.45. The lowest BCUT2D eigenvalue weighted by Crippen LogP contribution is -2.53. The number of furan rings is 1. The number of para-hydroxylation sites is 1. The van der Waals surface area contributed by atoms with Crippen LogP contribution in [0.3, 0.4) is 0 Å². The van der Waals surface area contributed by atoms with E-state index in [4.69, 9.17) is 25.5 Å². The normalized spacial score (nSPS) is 26.1. The van der Waals surface area contributed by atoms with Crippen molar-refractivity contribution in [3.8, 4) is 5.88 Å². The molecule has 5 heterocycles. The van der Waals surface area contributed by atoms with E-state index in [2.05, 4.69) is 15.0 Å². The number of anilines is 1. The number of nitrogens with zero attached hydrogens (tertiary/aromatic N) is 4. The van der Waals surface area contributed by atoms with Crippen LogP contribution in [-0.2, 0) is 25.0 Å². The van der Waals surface area contributed by atoms with Gasteiger partial charge < -0.3 is 23.9 Å². The summed E-state index contributed by atoms with van der Waals surface area (Å²) < 4.78 is 69.9. The second-order valence-corrected chi connectivity index (χ2v) is 15.3. The summed E-state index contributed by atoms with van der Waals surface area (Å²) >= 11 is 6.30. The van der Waals surface area contributed by atoms with Crippen LogP contribution in [-0.4, -0.2) is 70.7 Å². The number of rotatable bonds is 6. The number of aliphatic hydroxyl groups is 1. The molecular weight excluding hydrogens is 634 g/mol. The third-order valence-corrected chi connectivity index (χ3v) is 11.8. The predicted molar refractivity (Wildman–Crippen MR) is 161 cm³/mol. The number of carbonyl (C=O) groups is 1. The molecule has 0 saturated carbocycles. The highest BCUT2D eigenvalue weighted by Crippen LogP contribution is 2.49. The van der Waals surface area contributed by atoms with Gasteiger partial charge in [0.15, 0.2) is 27.1 Å². The number of methoxy groups -OCH3 is 1. The molecular formula is C30H31ClF2N4O7S. The summed E-state index contributed by atoms with van der Waals surface area (Å²) in [6, 6.07) is 7.32. The van der Waals surface area contributed by atoms with Crippen LogP contribution in [0.15, 0.2) is 40.9 Å². The van der Waals surface area contributed by atoms with Crippen molar-refractivity contribution in [3.63, 3.8) is 0 Å². The minimum atomic E-state index is -3.52. The van der Waals surface area contributed by atoms with Gasteiger partial charge in [-0.15, -0.1) is 0 Å². The fourth-order valence-corrected chi connectivity index (χ4v) is 8.32. The van der Waals surface area contributed by atoms with Gasteiger partial charge in [0.1, 0.15) is 23.2 Å². The summed E-state index contributed by atoms with van der Waals surface area (Å²) in [5.74, 6) is -2.40. The van der Waals surface area contributed by atoms with Gasteiger partial charge in [0, 0.05) is 29.5 Å². The first-order valence-corrected chi connectivity index (χ1v) is 16.3. The Labute approximate surface area is 262 Å². The van der Waals surface area contributed by atoms with E-state index in [-0.39, 0.29) is 58.5 Å².